The van der Waals surface area contributed by atoms with Gasteiger partial charge in [0.2, 0.25) is 5.95 Å². The third-order valence-electron chi connectivity index (χ3n) is 4.03. The van der Waals surface area contributed by atoms with Crippen molar-refractivity contribution in [1.29, 1.82) is 0 Å². The maximum Gasteiger partial charge on any atom is 0.255 e. The summed E-state index contributed by atoms with van der Waals surface area (Å²) in [6.07, 6.45) is 0.938. The van der Waals surface area contributed by atoms with Gasteiger partial charge in [-0.2, -0.15) is 4.39 Å². The number of carbonyl (C=O) groups is 1. The van der Waals surface area contributed by atoms with Crippen molar-refractivity contribution in [2.24, 2.45) is 0 Å². The van der Waals surface area contributed by atoms with Crippen molar-refractivity contribution in [3.05, 3.63) is 77.7 Å². The molecule has 1 amide bonds. The average Bonchev–Trinajstić information content (AvgIpc) is 2.72. The van der Waals surface area contributed by atoms with Crippen molar-refractivity contribution in [1.82, 2.24) is 10.3 Å². The summed E-state index contributed by atoms with van der Waals surface area (Å²) in [6.45, 7) is 3.00. The van der Waals surface area contributed by atoms with E-state index in [9.17, 15) is 9.18 Å². The molecule has 3 rings (SSSR count). The third kappa shape index (κ3) is 5.68. The first-order chi connectivity index (χ1) is 14.0. The lowest BCUT2D eigenvalue weighted by atomic mass is 10.2. The number of hydrogen-bond acceptors (Lipinski definition) is 5. The molecule has 0 aliphatic carbocycles. The fraction of sp³-hybridized carbons (Fsp3) is 0.182. The van der Waals surface area contributed by atoms with Gasteiger partial charge in [-0.05, 0) is 48.4 Å². The van der Waals surface area contributed by atoms with Crippen LogP contribution in [0.1, 0.15) is 29.3 Å². The molecule has 0 aliphatic rings. The van der Waals surface area contributed by atoms with E-state index in [0.717, 1.165) is 23.8 Å². The van der Waals surface area contributed by atoms with Crippen LogP contribution in [-0.4, -0.2) is 17.5 Å². The second-order valence-electron chi connectivity index (χ2n) is 6.32. The maximum atomic E-state index is 13.0. The lowest BCUT2D eigenvalue weighted by molar-refractivity contribution is 0.0951. The third-order valence-corrected chi connectivity index (χ3v) is 4.03. The zero-order valence-corrected chi connectivity index (χ0v) is 16.0. The second kappa shape index (κ2) is 9.54. The van der Waals surface area contributed by atoms with Gasteiger partial charge in [0.15, 0.2) is 0 Å². The van der Waals surface area contributed by atoms with Crippen LogP contribution >= 0.6 is 0 Å². The normalized spacial score (nSPS) is 10.4. The first kappa shape index (κ1) is 20.1. The molecular weight excluding hydrogens is 373 g/mol. The molecule has 29 heavy (non-hydrogen) atoms. The molecule has 0 unspecified atom stereocenters. The van der Waals surface area contributed by atoms with Crippen molar-refractivity contribution < 1.29 is 18.7 Å². The quantitative estimate of drug-likeness (QED) is 0.555. The van der Waals surface area contributed by atoms with Crippen LogP contribution in [0.15, 0.2) is 60.7 Å². The Labute approximate surface area is 168 Å². The van der Waals surface area contributed by atoms with E-state index < -0.39 is 11.9 Å². The van der Waals surface area contributed by atoms with Crippen LogP contribution in [0.25, 0.3) is 0 Å². The minimum absolute atomic E-state index is 0.136. The lowest BCUT2D eigenvalue weighted by Gasteiger charge is -2.10. The van der Waals surface area contributed by atoms with Crippen molar-refractivity contribution >= 4 is 11.7 Å². The number of nitrogens with zero attached hydrogens (tertiary/aromatic N) is 1. The number of nitrogens with one attached hydrogen (secondary N) is 1. The van der Waals surface area contributed by atoms with Crippen LogP contribution in [0.2, 0.25) is 0 Å². The summed E-state index contributed by atoms with van der Waals surface area (Å²) in [5, 5.41) is 2.73. The molecule has 0 aliphatic heterocycles. The van der Waals surface area contributed by atoms with Gasteiger partial charge in [0.25, 0.3) is 5.91 Å². The number of ether oxygens (including phenoxy) is 2. The number of amides is 1. The molecule has 1 heterocycles. The Bertz CT molecular complexity index is 977. The van der Waals surface area contributed by atoms with Gasteiger partial charge in [0, 0.05) is 12.6 Å². The SMILES string of the molecule is CCCOc1cccc(Oc2ccc(CNC(=O)c3ccc(F)nc3N)cc2)c1. The molecule has 0 saturated carbocycles. The van der Waals surface area contributed by atoms with Crippen molar-refractivity contribution in [2.75, 3.05) is 12.3 Å². The molecule has 0 spiro atoms. The van der Waals surface area contributed by atoms with Crippen LogP contribution in [0, 0.1) is 5.95 Å². The highest BCUT2D eigenvalue weighted by molar-refractivity contribution is 5.98. The zero-order chi connectivity index (χ0) is 20.6. The van der Waals surface area contributed by atoms with Gasteiger partial charge in [0.05, 0.1) is 12.2 Å². The first-order valence-electron chi connectivity index (χ1n) is 9.25. The van der Waals surface area contributed by atoms with Gasteiger partial charge in [-0.3, -0.25) is 4.79 Å². The van der Waals surface area contributed by atoms with E-state index in [1.165, 1.54) is 6.07 Å². The number of anilines is 1. The molecule has 0 radical (unpaired) electrons. The summed E-state index contributed by atoms with van der Waals surface area (Å²) in [4.78, 5) is 15.6. The van der Waals surface area contributed by atoms with Crippen LogP contribution < -0.4 is 20.5 Å². The number of benzene rings is 2. The largest absolute Gasteiger partial charge is 0.493 e. The van der Waals surface area contributed by atoms with E-state index in [1.807, 2.05) is 48.5 Å². The minimum atomic E-state index is -0.725. The standard InChI is InChI=1S/C22H22FN3O3/c1-2-12-28-17-4-3-5-18(13-17)29-16-8-6-15(7-9-16)14-25-22(27)19-10-11-20(23)26-21(19)24/h3-11,13H,2,12,14H2,1H3,(H2,24,26)(H,25,27). The Morgan fingerprint density at radius 3 is 2.55 bits per heavy atom. The molecule has 2 aromatic carbocycles. The van der Waals surface area contributed by atoms with Gasteiger partial charge < -0.3 is 20.5 Å². The summed E-state index contributed by atoms with van der Waals surface area (Å²) in [5.41, 5.74) is 6.59. The van der Waals surface area contributed by atoms with Gasteiger partial charge in [-0.25, -0.2) is 4.98 Å². The van der Waals surface area contributed by atoms with Crippen LogP contribution in [0.5, 0.6) is 17.2 Å². The summed E-state index contributed by atoms with van der Waals surface area (Å²) in [5.74, 6) is 0.824. The molecule has 0 bridgehead atoms. The van der Waals surface area contributed by atoms with E-state index in [2.05, 4.69) is 17.2 Å². The van der Waals surface area contributed by atoms with Crippen molar-refractivity contribution in [2.45, 2.75) is 19.9 Å². The minimum Gasteiger partial charge on any atom is -0.493 e. The van der Waals surface area contributed by atoms with E-state index in [-0.39, 0.29) is 17.9 Å². The van der Waals surface area contributed by atoms with Gasteiger partial charge >= 0.3 is 0 Å². The molecule has 0 fully saturated rings. The highest BCUT2D eigenvalue weighted by Crippen LogP contribution is 2.25. The Balaban J connectivity index is 1.57. The number of halogens is 1. The van der Waals surface area contributed by atoms with Gasteiger partial charge in [-0.15, -0.1) is 0 Å². The number of hydrogen-bond donors (Lipinski definition) is 2. The number of rotatable bonds is 8. The Hall–Kier alpha value is -3.61. The van der Waals surface area contributed by atoms with Crippen molar-refractivity contribution in [3.8, 4) is 17.2 Å². The summed E-state index contributed by atoms with van der Waals surface area (Å²) < 4.78 is 24.4. The van der Waals surface area contributed by atoms with Crippen LogP contribution in [-0.2, 0) is 6.54 Å². The van der Waals surface area contributed by atoms with Gasteiger partial charge in [-0.1, -0.05) is 25.1 Å². The number of carbonyl (C=O) groups excluding carboxylic acids is 1. The van der Waals surface area contributed by atoms with E-state index in [1.54, 1.807) is 0 Å². The number of aromatic nitrogens is 1. The molecule has 6 nitrogen and oxygen atoms in total. The Kier molecular flexibility index (Phi) is 6.63. The maximum absolute atomic E-state index is 13.0. The second-order valence-corrected chi connectivity index (χ2v) is 6.32. The Morgan fingerprint density at radius 1 is 1.07 bits per heavy atom. The highest BCUT2D eigenvalue weighted by atomic mass is 19.1. The lowest BCUT2D eigenvalue weighted by Crippen LogP contribution is -2.24. The van der Waals surface area contributed by atoms with Gasteiger partial charge in [0.1, 0.15) is 23.1 Å². The number of nitrogens with two attached hydrogens (primary N) is 1. The molecule has 1 aromatic heterocycles. The first-order valence-corrected chi connectivity index (χ1v) is 9.25. The van der Waals surface area contributed by atoms with E-state index in [4.69, 9.17) is 15.2 Å². The smallest absolute Gasteiger partial charge is 0.255 e. The zero-order valence-electron chi connectivity index (χ0n) is 16.0. The fourth-order valence-corrected chi connectivity index (χ4v) is 2.58. The molecule has 150 valence electrons. The summed E-state index contributed by atoms with van der Waals surface area (Å²) in [6, 6.07) is 17.2. The fourth-order valence-electron chi connectivity index (χ4n) is 2.58. The van der Waals surface area contributed by atoms with Crippen molar-refractivity contribution in [3.63, 3.8) is 0 Å². The molecular formula is C22H22FN3O3. The monoisotopic (exact) mass is 395 g/mol. The molecule has 3 N–H and O–H groups in total. The highest BCUT2D eigenvalue weighted by Gasteiger charge is 2.11. The number of nitrogen functional groups attached to an aromatic ring is 1. The van der Waals surface area contributed by atoms with E-state index >= 15 is 0 Å². The number of pyridine rings is 1. The van der Waals surface area contributed by atoms with E-state index in [0.29, 0.717) is 18.1 Å². The molecule has 0 saturated heterocycles. The predicted molar refractivity (Wildman–Crippen MR) is 109 cm³/mol. The average molecular weight is 395 g/mol. The molecule has 0 atom stereocenters. The predicted octanol–water partition coefficient (Wildman–Crippen LogP) is 4.31. The topological polar surface area (TPSA) is 86.5 Å². The molecule has 7 heteroatoms. The summed E-state index contributed by atoms with van der Waals surface area (Å²) >= 11 is 0. The Morgan fingerprint density at radius 2 is 1.83 bits per heavy atom. The molecule has 3 aromatic rings. The summed E-state index contributed by atoms with van der Waals surface area (Å²) in [7, 11) is 0. The van der Waals surface area contributed by atoms with Crippen LogP contribution in [0.4, 0.5) is 10.2 Å². The van der Waals surface area contributed by atoms with Crippen LogP contribution in [0.3, 0.4) is 0 Å².